The molecule has 0 saturated heterocycles. The fourth-order valence-electron chi connectivity index (χ4n) is 2.07. The maximum atomic E-state index is 12.7. The number of aromatic nitrogens is 3. The maximum absolute atomic E-state index is 12.7. The van der Waals surface area contributed by atoms with E-state index < -0.39 is 11.7 Å². The summed E-state index contributed by atoms with van der Waals surface area (Å²) in [6.07, 6.45) is -2.74. The second-order valence-electron chi connectivity index (χ2n) is 4.81. The van der Waals surface area contributed by atoms with Gasteiger partial charge in [-0.2, -0.15) is 13.2 Å². The van der Waals surface area contributed by atoms with Crippen molar-refractivity contribution in [1.29, 1.82) is 0 Å². The van der Waals surface area contributed by atoms with Gasteiger partial charge in [0, 0.05) is 11.4 Å². The molecule has 0 amide bonds. The minimum Gasteiger partial charge on any atom is -0.277 e. The van der Waals surface area contributed by atoms with Gasteiger partial charge in [0.15, 0.2) is 5.16 Å². The van der Waals surface area contributed by atoms with Gasteiger partial charge >= 0.3 is 6.18 Å². The zero-order chi connectivity index (χ0) is 16.3. The van der Waals surface area contributed by atoms with Crippen molar-refractivity contribution >= 4 is 11.8 Å². The van der Waals surface area contributed by atoms with E-state index in [0.717, 1.165) is 17.8 Å². The zero-order valence-electron chi connectivity index (χ0n) is 11.9. The van der Waals surface area contributed by atoms with Crippen LogP contribution in [0.2, 0.25) is 0 Å². The lowest BCUT2D eigenvalue weighted by Gasteiger charge is -2.09. The van der Waals surface area contributed by atoms with E-state index in [-0.39, 0.29) is 0 Å². The second-order valence-corrected chi connectivity index (χ2v) is 5.75. The summed E-state index contributed by atoms with van der Waals surface area (Å²) in [5.41, 5.74) is 0.858. The summed E-state index contributed by atoms with van der Waals surface area (Å²) in [7, 11) is 0. The van der Waals surface area contributed by atoms with Gasteiger partial charge in [0.1, 0.15) is 6.33 Å². The predicted octanol–water partition coefficient (Wildman–Crippen LogP) is 4.58. The van der Waals surface area contributed by atoms with Crippen molar-refractivity contribution in [1.82, 2.24) is 14.8 Å². The van der Waals surface area contributed by atoms with E-state index in [1.54, 1.807) is 17.0 Å². The van der Waals surface area contributed by atoms with E-state index in [2.05, 4.69) is 10.2 Å². The van der Waals surface area contributed by atoms with E-state index in [9.17, 15) is 13.2 Å². The standard InChI is InChI=1S/C16H12F3N3S/c17-16(18,19)13-6-4-5-12(9-13)10-23-15-21-20-11-22(15)14-7-2-1-3-8-14/h1-9,11H,10H2. The molecule has 3 rings (SSSR count). The minimum absolute atomic E-state index is 0.384. The first-order chi connectivity index (χ1) is 11.0. The first-order valence-electron chi connectivity index (χ1n) is 6.78. The Kier molecular flexibility index (Phi) is 4.38. The van der Waals surface area contributed by atoms with Crippen LogP contribution in [0.1, 0.15) is 11.1 Å². The van der Waals surface area contributed by atoms with E-state index in [1.807, 2.05) is 30.3 Å². The predicted molar refractivity (Wildman–Crippen MR) is 82.4 cm³/mol. The number of hydrogen-bond donors (Lipinski definition) is 0. The molecule has 0 N–H and O–H groups in total. The van der Waals surface area contributed by atoms with Gasteiger partial charge in [-0.1, -0.05) is 48.2 Å². The molecule has 0 aliphatic rings. The van der Waals surface area contributed by atoms with Gasteiger partial charge in [0.25, 0.3) is 0 Å². The third kappa shape index (κ3) is 3.73. The Morgan fingerprint density at radius 1 is 1.00 bits per heavy atom. The van der Waals surface area contributed by atoms with Crippen LogP contribution in [0, 0.1) is 0 Å². The number of para-hydroxylation sites is 1. The molecule has 0 aliphatic heterocycles. The van der Waals surface area contributed by atoms with Crippen LogP contribution in [-0.2, 0) is 11.9 Å². The SMILES string of the molecule is FC(F)(F)c1cccc(CSc2nncn2-c2ccccc2)c1. The monoisotopic (exact) mass is 335 g/mol. The summed E-state index contributed by atoms with van der Waals surface area (Å²) in [5.74, 6) is 0.384. The number of hydrogen-bond acceptors (Lipinski definition) is 3. The fraction of sp³-hybridized carbons (Fsp3) is 0.125. The van der Waals surface area contributed by atoms with Crippen LogP contribution < -0.4 is 0 Å². The summed E-state index contributed by atoms with van der Waals surface area (Å²) in [6.45, 7) is 0. The van der Waals surface area contributed by atoms with Crippen molar-refractivity contribution in [2.24, 2.45) is 0 Å². The van der Waals surface area contributed by atoms with E-state index >= 15 is 0 Å². The largest absolute Gasteiger partial charge is 0.416 e. The van der Waals surface area contributed by atoms with Crippen LogP contribution in [0.15, 0.2) is 66.1 Å². The highest BCUT2D eigenvalue weighted by Crippen LogP contribution is 2.31. The van der Waals surface area contributed by atoms with Gasteiger partial charge in [0.05, 0.1) is 5.56 Å². The molecule has 0 atom stereocenters. The van der Waals surface area contributed by atoms with Crippen molar-refractivity contribution in [3.05, 3.63) is 72.1 Å². The van der Waals surface area contributed by atoms with Gasteiger partial charge in [-0.25, -0.2) is 0 Å². The molecule has 0 saturated carbocycles. The summed E-state index contributed by atoms with van der Waals surface area (Å²) in [6, 6.07) is 14.9. The molecule has 0 fully saturated rings. The average Bonchev–Trinajstić information content (AvgIpc) is 3.02. The van der Waals surface area contributed by atoms with Gasteiger partial charge in [-0.05, 0) is 23.8 Å². The third-order valence-electron chi connectivity index (χ3n) is 3.17. The van der Waals surface area contributed by atoms with E-state index in [0.29, 0.717) is 16.5 Å². The summed E-state index contributed by atoms with van der Waals surface area (Å²) >= 11 is 1.34. The van der Waals surface area contributed by atoms with Gasteiger partial charge in [0.2, 0.25) is 0 Å². The molecule has 2 aromatic carbocycles. The van der Waals surface area contributed by atoms with Crippen LogP contribution >= 0.6 is 11.8 Å². The molecule has 0 aliphatic carbocycles. The number of nitrogens with zero attached hydrogens (tertiary/aromatic N) is 3. The van der Waals surface area contributed by atoms with Crippen molar-refractivity contribution < 1.29 is 13.2 Å². The lowest BCUT2D eigenvalue weighted by atomic mass is 10.1. The van der Waals surface area contributed by atoms with E-state index in [1.165, 1.54) is 17.8 Å². The van der Waals surface area contributed by atoms with E-state index in [4.69, 9.17) is 0 Å². The molecule has 7 heteroatoms. The normalized spacial score (nSPS) is 11.6. The summed E-state index contributed by atoms with van der Waals surface area (Å²) in [5, 5.41) is 8.55. The molecule has 0 unspecified atom stereocenters. The Morgan fingerprint density at radius 2 is 1.78 bits per heavy atom. The Labute approximate surface area is 135 Å². The molecular weight excluding hydrogens is 323 g/mol. The van der Waals surface area contributed by atoms with Crippen LogP contribution in [0.25, 0.3) is 5.69 Å². The quantitative estimate of drug-likeness (QED) is 0.654. The van der Waals surface area contributed by atoms with Crippen molar-refractivity contribution in [2.75, 3.05) is 0 Å². The number of halogens is 3. The zero-order valence-corrected chi connectivity index (χ0v) is 12.7. The van der Waals surface area contributed by atoms with Crippen LogP contribution in [0.5, 0.6) is 0 Å². The van der Waals surface area contributed by atoms with Crippen LogP contribution in [0.4, 0.5) is 13.2 Å². The number of alkyl halides is 3. The van der Waals surface area contributed by atoms with Gasteiger partial charge in [-0.3, -0.25) is 4.57 Å². The lowest BCUT2D eigenvalue weighted by Crippen LogP contribution is -2.05. The molecule has 0 bridgehead atoms. The van der Waals surface area contributed by atoms with Crippen molar-refractivity contribution in [3.63, 3.8) is 0 Å². The second kappa shape index (κ2) is 6.45. The summed E-state index contributed by atoms with van der Waals surface area (Å²) in [4.78, 5) is 0. The highest BCUT2D eigenvalue weighted by molar-refractivity contribution is 7.98. The smallest absolute Gasteiger partial charge is 0.277 e. The van der Waals surface area contributed by atoms with Crippen LogP contribution in [-0.4, -0.2) is 14.8 Å². The molecule has 3 aromatic rings. The fourth-order valence-corrected chi connectivity index (χ4v) is 2.95. The summed E-state index contributed by atoms with van der Waals surface area (Å²) < 4.78 is 40.0. The Balaban J connectivity index is 1.77. The minimum atomic E-state index is -4.33. The first-order valence-corrected chi connectivity index (χ1v) is 7.77. The Morgan fingerprint density at radius 3 is 2.52 bits per heavy atom. The topological polar surface area (TPSA) is 30.7 Å². The molecule has 3 nitrogen and oxygen atoms in total. The molecule has 23 heavy (non-hydrogen) atoms. The molecule has 1 heterocycles. The van der Waals surface area contributed by atoms with Crippen molar-refractivity contribution in [3.8, 4) is 5.69 Å². The first kappa shape index (κ1) is 15.6. The number of rotatable bonds is 4. The van der Waals surface area contributed by atoms with Crippen LogP contribution in [0.3, 0.4) is 0 Å². The number of thioether (sulfide) groups is 1. The average molecular weight is 335 g/mol. The molecular formula is C16H12F3N3S. The van der Waals surface area contributed by atoms with Gasteiger partial charge in [-0.15, -0.1) is 10.2 Å². The van der Waals surface area contributed by atoms with Crippen molar-refractivity contribution in [2.45, 2.75) is 17.1 Å². The highest BCUT2D eigenvalue weighted by Gasteiger charge is 2.30. The van der Waals surface area contributed by atoms with Gasteiger partial charge < -0.3 is 0 Å². The third-order valence-corrected chi connectivity index (χ3v) is 4.19. The highest BCUT2D eigenvalue weighted by atomic mass is 32.2. The lowest BCUT2D eigenvalue weighted by molar-refractivity contribution is -0.137. The Bertz CT molecular complexity index is 785. The molecule has 0 radical (unpaired) electrons. The number of benzene rings is 2. The maximum Gasteiger partial charge on any atom is 0.416 e. The molecule has 118 valence electrons. The molecule has 1 aromatic heterocycles. The molecule has 0 spiro atoms. The Hall–Kier alpha value is -2.28.